The van der Waals surface area contributed by atoms with E-state index in [2.05, 4.69) is 25.1 Å². The maximum Gasteiger partial charge on any atom is 0.258 e. The zero-order valence-corrected chi connectivity index (χ0v) is 13.7. The average Bonchev–Trinajstić information content (AvgIpc) is 3.17. The van der Waals surface area contributed by atoms with E-state index in [0.29, 0.717) is 5.92 Å². The standard InChI is InChI=1S/C21H20N2O/c1-16-11-14-23(20-10-3-2-9-19(16)20)21(24)17-7-6-8-18(15-17)22-12-4-5-13-22/h2-10,12-13,15-16H,11,14H2,1H3. The fourth-order valence-corrected chi connectivity index (χ4v) is 3.42. The minimum atomic E-state index is 0.0726. The lowest BCUT2D eigenvalue weighted by Gasteiger charge is -2.33. The molecule has 120 valence electrons. The minimum absolute atomic E-state index is 0.0726. The van der Waals surface area contributed by atoms with Crippen LogP contribution in [0.5, 0.6) is 0 Å². The molecular weight excluding hydrogens is 296 g/mol. The van der Waals surface area contributed by atoms with E-state index < -0.39 is 0 Å². The normalized spacial score (nSPS) is 16.7. The van der Waals surface area contributed by atoms with Crippen LogP contribution < -0.4 is 4.90 Å². The van der Waals surface area contributed by atoms with Crippen LogP contribution in [0.4, 0.5) is 5.69 Å². The number of benzene rings is 2. The van der Waals surface area contributed by atoms with Crippen LogP contribution in [0.1, 0.15) is 35.2 Å². The fourth-order valence-electron chi connectivity index (χ4n) is 3.42. The monoisotopic (exact) mass is 316 g/mol. The van der Waals surface area contributed by atoms with Crippen molar-refractivity contribution in [1.29, 1.82) is 0 Å². The van der Waals surface area contributed by atoms with Gasteiger partial charge in [-0.25, -0.2) is 0 Å². The number of fused-ring (bicyclic) bond motifs is 1. The van der Waals surface area contributed by atoms with Crippen LogP contribution >= 0.6 is 0 Å². The second-order valence-corrected chi connectivity index (χ2v) is 6.35. The predicted octanol–water partition coefficient (Wildman–Crippen LogP) is 4.63. The highest BCUT2D eigenvalue weighted by atomic mass is 16.2. The van der Waals surface area contributed by atoms with Gasteiger partial charge in [0.25, 0.3) is 5.91 Å². The van der Waals surface area contributed by atoms with E-state index in [1.54, 1.807) is 0 Å². The Kier molecular flexibility index (Phi) is 3.69. The number of aromatic nitrogens is 1. The first kappa shape index (κ1) is 14.8. The molecule has 0 aliphatic carbocycles. The molecule has 0 N–H and O–H groups in total. The Balaban J connectivity index is 1.70. The molecule has 0 saturated carbocycles. The number of para-hydroxylation sites is 1. The third-order valence-electron chi connectivity index (χ3n) is 4.79. The van der Waals surface area contributed by atoms with Crippen molar-refractivity contribution in [2.45, 2.75) is 19.3 Å². The molecule has 0 fully saturated rings. The lowest BCUT2D eigenvalue weighted by Crippen LogP contribution is -2.36. The number of carbonyl (C=O) groups excluding carboxylic acids is 1. The molecule has 3 heteroatoms. The molecule has 1 unspecified atom stereocenters. The molecule has 2 heterocycles. The van der Waals surface area contributed by atoms with Crippen molar-refractivity contribution in [2.24, 2.45) is 0 Å². The molecule has 24 heavy (non-hydrogen) atoms. The zero-order chi connectivity index (χ0) is 16.5. The van der Waals surface area contributed by atoms with Crippen molar-refractivity contribution in [3.63, 3.8) is 0 Å². The first-order valence-corrected chi connectivity index (χ1v) is 8.38. The number of nitrogens with zero attached hydrogens (tertiary/aromatic N) is 2. The van der Waals surface area contributed by atoms with Crippen molar-refractivity contribution < 1.29 is 4.79 Å². The van der Waals surface area contributed by atoms with Crippen molar-refractivity contribution in [1.82, 2.24) is 4.57 Å². The molecule has 1 aliphatic heterocycles. The van der Waals surface area contributed by atoms with Crippen LogP contribution in [0.2, 0.25) is 0 Å². The lowest BCUT2D eigenvalue weighted by molar-refractivity contribution is 0.0984. The Morgan fingerprint density at radius 2 is 1.79 bits per heavy atom. The third-order valence-corrected chi connectivity index (χ3v) is 4.79. The Bertz CT molecular complexity index is 867. The van der Waals surface area contributed by atoms with Crippen LogP contribution in [0.3, 0.4) is 0 Å². The summed E-state index contributed by atoms with van der Waals surface area (Å²) in [6.07, 6.45) is 4.98. The number of hydrogen-bond donors (Lipinski definition) is 0. The summed E-state index contributed by atoms with van der Waals surface area (Å²) < 4.78 is 2.02. The maximum atomic E-state index is 13.1. The number of amides is 1. The van der Waals surface area contributed by atoms with Gasteiger partial charge in [0.1, 0.15) is 0 Å². The predicted molar refractivity (Wildman–Crippen MR) is 96.9 cm³/mol. The van der Waals surface area contributed by atoms with Gasteiger partial charge in [0.05, 0.1) is 0 Å². The number of rotatable bonds is 2. The van der Waals surface area contributed by atoms with Crippen molar-refractivity contribution in [3.05, 3.63) is 84.2 Å². The van der Waals surface area contributed by atoms with Gasteiger partial charge in [0, 0.05) is 35.9 Å². The Morgan fingerprint density at radius 1 is 1.00 bits per heavy atom. The fraction of sp³-hybridized carbons (Fsp3) is 0.190. The molecule has 1 amide bonds. The first-order chi connectivity index (χ1) is 11.7. The SMILES string of the molecule is CC1CCN(C(=O)c2cccc(-n3cccc3)c2)c2ccccc21. The Hall–Kier alpha value is -2.81. The minimum Gasteiger partial charge on any atom is -0.324 e. The molecule has 0 radical (unpaired) electrons. The molecule has 0 bridgehead atoms. The summed E-state index contributed by atoms with van der Waals surface area (Å²) in [5.74, 6) is 0.569. The summed E-state index contributed by atoms with van der Waals surface area (Å²) in [6.45, 7) is 3.00. The summed E-state index contributed by atoms with van der Waals surface area (Å²) in [4.78, 5) is 15.0. The number of hydrogen-bond acceptors (Lipinski definition) is 1. The van der Waals surface area contributed by atoms with Gasteiger partial charge < -0.3 is 9.47 Å². The van der Waals surface area contributed by atoms with Crippen molar-refractivity contribution in [3.8, 4) is 5.69 Å². The van der Waals surface area contributed by atoms with Gasteiger partial charge in [0.2, 0.25) is 0 Å². The number of anilines is 1. The highest BCUT2D eigenvalue weighted by molar-refractivity contribution is 6.07. The smallest absolute Gasteiger partial charge is 0.258 e. The van der Waals surface area contributed by atoms with Gasteiger partial charge in [-0.3, -0.25) is 4.79 Å². The Labute approximate surface area is 142 Å². The second-order valence-electron chi connectivity index (χ2n) is 6.35. The van der Waals surface area contributed by atoms with Gasteiger partial charge in [-0.15, -0.1) is 0 Å². The van der Waals surface area contributed by atoms with Crippen LogP contribution in [-0.4, -0.2) is 17.0 Å². The molecule has 4 rings (SSSR count). The molecular formula is C21H20N2O. The molecule has 1 atom stereocenters. The van der Waals surface area contributed by atoms with Crippen LogP contribution in [0.25, 0.3) is 5.69 Å². The molecule has 0 saturated heterocycles. The summed E-state index contributed by atoms with van der Waals surface area (Å²) in [6, 6.07) is 20.0. The summed E-state index contributed by atoms with van der Waals surface area (Å²) >= 11 is 0. The molecule has 0 spiro atoms. The molecule has 1 aromatic heterocycles. The van der Waals surface area contributed by atoms with Crippen LogP contribution in [0.15, 0.2) is 73.1 Å². The topological polar surface area (TPSA) is 25.2 Å². The van der Waals surface area contributed by atoms with Crippen LogP contribution in [0, 0.1) is 0 Å². The van der Waals surface area contributed by atoms with E-state index in [0.717, 1.165) is 29.9 Å². The highest BCUT2D eigenvalue weighted by Crippen LogP contribution is 2.35. The van der Waals surface area contributed by atoms with Gasteiger partial charge >= 0.3 is 0 Å². The largest absolute Gasteiger partial charge is 0.324 e. The quantitative estimate of drug-likeness (QED) is 0.676. The maximum absolute atomic E-state index is 13.1. The van der Waals surface area contributed by atoms with Crippen LogP contribution in [-0.2, 0) is 0 Å². The summed E-state index contributed by atoms with van der Waals surface area (Å²) in [5, 5.41) is 0. The first-order valence-electron chi connectivity index (χ1n) is 8.38. The van der Waals surface area contributed by atoms with E-state index in [-0.39, 0.29) is 5.91 Å². The highest BCUT2D eigenvalue weighted by Gasteiger charge is 2.26. The second kappa shape index (κ2) is 6.00. The molecule has 1 aliphatic rings. The average molecular weight is 316 g/mol. The van der Waals surface area contributed by atoms with Gasteiger partial charge in [0.15, 0.2) is 0 Å². The summed E-state index contributed by atoms with van der Waals surface area (Å²) in [5.41, 5.74) is 4.04. The Morgan fingerprint density at radius 3 is 2.62 bits per heavy atom. The molecule has 2 aromatic carbocycles. The number of carbonyl (C=O) groups is 1. The van der Waals surface area contributed by atoms with E-state index in [1.165, 1.54) is 5.56 Å². The van der Waals surface area contributed by atoms with Gasteiger partial charge in [-0.1, -0.05) is 31.2 Å². The van der Waals surface area contributed by atoms with E-state index in [1.807, 2.05) is 64.3 Å². The van der Waals surface area contributed by atoms with Gasteiger partial charge in [-0.05, 0) is 54.3 Å². The van der Waals surface area contributed by atoms with Crippen molar-refractivity contribution >= 4 is 11.6 Å². The van der Waals surface area contributed by atoms with E-state index in [9.17, 15) is 4.79 Å². The van der Waals surface area contributed by atoms with E-state index >= 15 is 0 Å². The summed E-state index contributed by atoms with van der Waals surface area (Å²) in [7, 11) is 0. The molecule has 3 aromatic rings. The van der Waals surface area contributed by atoms with Gasteiger partial charge in [-0.2, -0.15) is 0 Å². The van der Waals surface area contributed by atoms with Crippen molar-refractivity contribution in [2.75, 3.05) is 11.4 Å². The molecule has 3 nitrogen and oxygen atoms in total. The zero-order valence-electron chi connectivity index (χ0n) is 13.7. The lowest BCUT2D eigenvalue weighted by atomic mass is 9.91. The van der Waals surface area contributed by atoms with E-state index in [4.69, 9.17) is 0 Å². The third kappa shape index (κ3) is 2.52.